The summed E-state index contributed by atoms with van der Waals surface area (Å²) in [5.74, 6) is 0.493. The van der Waals surface area contributed by atoms with Gasteiger partial charge in [0.05, 0.1) is 11.7 Å². The van der Waals surface area contributed by atoms with Crippen molar-refractivity contribution in [2.45, 2.75) is 50.5 Å². The maximum absolute atomic E-state index is 11.6. The first kappa shape index (κ1) is 14.2. The Morgan fingerprint density at radius 2 is 1.89 bits per heavy atom. The quantitative estimate of drug-likeness (QED) is 0.799. The highest BCUT2D eigenvalue weighted by Crippen LogP contribution is 2.42. The highest BCUT2D eigenvalue weighted by molar-refractivity contribution is 8.13. The van der Waals surface area contributed by atoms with Gasteiger partial charge in [0.15, 0.2) is 0 Å². The van der Waals surface area contributed by atoms with Gasteiger partial charge in [0.2, 0.25) is 0 Å². The smallest absolute Gasteiger partial charge is 0.249 e. The Balaban J connectivity index is 2.57. The zero-order valence-electron chi connectivity index (χ0n) is 10.5. The summed E-state index contributed by atoms with van der Waals surface area (Å²) in [7, 11) is 1.59. The molecule has 7 heteroatoms. The monoisotopic (exact) mass is 310 g/mol. The van der Waals surface area contributed by atoms with Crippen molar-refractivity contribution in [3.05, 3.63) is 10.8 Å². The van der Waals surface area contributed by atoms with Crippen molar-refractivity contribution in [3.8, 4) is 0 Å². The second-order valence-electron chi connectivity index (χ2n) is 5.12. The van der Waals surface area contributed by atoms with Crippen LogP contribution in [0.1, 0.15) is 51.3 Å². The second kappa shape index (κ2) is 4.69. The van der Waals surface area contributed by atoms with Crippen molar-refractivity contribution in [2.24, 2.45) is 5.92 Å². The van der Waals surface area contributed by atoms with E-state index in [9.17, 15) is 8.42 Å². The molecule has 0 bridgehead atoms. The lowest BCUT2D eigenvalue weighted by molar-refractivity contribution is 0.435. The molecule has 0 aromatic carbocycles. The van der Waals surface area contributed by atoms with Gasteiger partial charge in [0.25, 0.3) is 9.05 Å². The first-order chi connectivity index (χ1) is 8.23. The fourth-order valence-electron chi connectivity index (χ4n) is 2.07. The molecule has 1 atom stereocenters. The molecule has 0 radical (unpaired) electrons. The zero-order valence-corrected chi connectivity index (χ0v) is 12.8. The Hall–Kier alpha value is -0.260. The predicted molar refractivity (Wildman–Crippen MR) is 71.8 cm³/mol. The van der Waals surface area contributed by atoms with Crippen LogP contribution < -0.4 is 0 Å². The molecular weight excluding hydrogens is 295 g/mol. The van der Waals surface area contributed by atoms with Crippen molar-refractivity contribution in [1.29, 1.82) is 0 Å². The van der Waals surface area contributed by atoms with Crippen molar-refractivity contribution in [2.75, 3.05) is 0 Å². The van der Waals surface area contributed by atoms with Gasteiger partial charge in [-0.1, -0.05) is 25.4 Å². The van der Waals surface area contributed by atoms with Crippen LogP contribution >= 0.6 is 22.3 Å². The summed E-state index contributed by atoms with van der Waals surface area (Å²) in [4.78, 5) is -0.0340. The number of rotatable bonds is 4. The summed E-state index contributed by atoms with van der Waals surface area (Å²) in [6, 6.07) is 0.113. The van der Waals surface area contributed by atoms with Crippen LogP contribution in [0.15, 0.2) is 4.90 Å². The molecule has 0 saturated heterocycles. The van der Waals surface area contributed by atoms with Crippen LogP contribution in [0, 0.1) is 5.92 Å². The number of hydrogen-bond acceptors (Lipinski definition) is 3. The van der Waals surface area contributed by atoms with Crippen molar-refractivity contribution < 1.29 is 8.42 Å². The van der Waals surface area contributed by atoms with Gasteiger partial charge in [-0.15, -0.1) is 0 Å². The van der Waals surface area contributed by atoms with Crippen molar-refractivity contribution in [1.82, 2.24) is 9.78 Å². The minimum atomic E-state index is -3.87. The topological polar surface area (TPSA) is 52.0 Å². The van der Waals surface area contributed by atoms with E-state index in [2.05, 4.69) is 5.10 Å². The van der Waals surface area contributed by atoms with E-state index in [-0.39, 0.29) is 22.0 Å². The molecule has 1 unspecified atom stereocenters. The molecule has 1 saturated carbocycles. The molecule has 1 aliphatic rings. The summed E-state index contributed by atoms with van der Waals surface area (Å²) in [6.45, 7) is 5.75. The van der Waals surface area contributed by atoms with Gasteiger partial charge in [0.1, 0.15) is 10.0 Å². The Kier molecular flexibility index (Phi) is 3.69. The second-order valence-corrected chi connectivity index (χ2v) is 7.98. The van der Waals surface area contributed by atoms with Crippen molar-refractivity contribution in [3.63, 3.8) is 0 Å². The number of halogens is 2. The molecule has 1 aromatic rings. The van der Waals surface area contributed by atoms with E-state index in [1.165, 1.54) is 0 Å². The molecule has 0 aliphatic heterocycles. The van der Waals surface area contributed by atoms with Gasteiger partial charge in [-0.25, -0.2) is 13.1 Å². The molecule has 1 heterocycles. The van der Waals surface area contributed by atoms with Gasteiger partial charge in [-0.2, -0.15) is 5.10 Å². The Morgan fingerprint density at radius 1 is 1.33 bits per heavy atom. The van der Waals surface area contributed by atoms with Crippen LogP contribution in [-0.4, -0.2) is 18.2 Å². The van der Waals surface area contributed by atoms with Crippen LogP contribution in [0.25, 0.3) is 0 Å². The SMILES string of the molecule is CC(C)c1nn(C(C)C2CC2)c(Cl)c1S(=O)(=O)Cl. The lowest BCUT2D eigenvalue weighted by atomic mass is 10.1. The van der Waals surface area contributed by atoms with Crippen molar-refractivity contribution >= 4 is 31.3 Å². The highest BCUT2D eigenvalue weighted by Gasteiger charge is 2.35. The number of hydrogen-bond donors (Lipinski definition) is 0. The van der Waals surface area contributed by atoms with E-state index in [4.69, 9.17) is 22.3 Å². The highest BCUT2D eigenvalue weighted by atomic mass is 35.7. The lowest BCUT2D eigenvalue weighted by Crippen LogP contribution is -2.09. The summed E-state index contributed by atoms with van der Waals surface area (Å²) < 4.78 is 24.9. The van der Waals surface area contributed by atoms with E-state index in [0.29, 0.717) is 11.6 Å². The van der Waals surface area contributed by atoms with E-state index in [1.807, 2.05) is 20.8 Å². The van der Waals surface area contributed by atoms with Crippen LogP contribution in [0.4, 0.5) is 0 Å². The fourth-order valence-corrected chi connectivity index (χ4v) is 4.06. The van der Waals surface area contributed by atoms with Crippen LogP contribution in [-0.2, 0) is 9.05 Å². The van der Waals surface area contributed by atoms with E-state index < -0.39 is 9.05 Å². The van der Waals surface area contributed by atoms with Gasteiger partial charge in [-0.3, -0.25) is 0 Å². The number of aromatic nitrogens is 2. The number of nitrogens with zero attached hydrogens (tertiary/aromatic N) is 2. The molecule has 4 nitrogen and oxygen atoms in total. The zero-order chi connectivity index (χ0) is 13.7. The third-order valence-electron chi connectivity index (χ3n) is 3.32. The van der Waals surface area contributed by atoms with E-state index in [1.54, 1.807) is 4.68 Å². The summed E-state index contributed by atoms with van der Waals surface area (Å²) in [6.07, 6.45) is 2.27. The standard InChI is InChI=1S/C11H16Cl2N2O2S/c1-6(2)9-10(18(13,16)17)11(12)15(14-9)7(3)8-4-5-8/h6-8H,4-5H2,1-3H3. The van der Waals surface area contributed by atoms with Crippen LogP contribution in [0.2, 0.25) is 5.15 Å². The minimum Gasteiger partial charge on any atom is -0.249 e. The molecule has 1 fully saturated rings. The van der Waals surface area contributed by atoms with Gasteiger partial charge in [-0.05, 0) is 31.6 Å². The summed E-state index contributed by atoms with van der Waals surface area (Å²) in [5.41, 5.74) is 0.447. The van der Waals surface area contributed by atoms with E-state index in [0.717, 1.165) is 12.8 Å². The van der Waals surface area contributed by atoms with Gasteiger partial charge < -0.3 is 0 Å². The maximum atomic E-state index is 11.6. The molecule has 1 aromatic heterocycles. The Morgan fingerprint density at radius 3 is 2.22 bits per heavy atom. The first-order valence-corrected chi connectivity index (χ1v) is 8.64. The molecule has 18 heavy (non-hydrogen) atoms. The third kappa shape index (κ3) is 2.53. The molecule has 1 aliphatic carbocycles. The normalized spacial score (nSPS) is 18.3. The molecule has 2 rings (SSSR count). The average molecular weight is 311 g/mol. The average Bonchev–Trinajstić information content (AvgIpc) is 2.99. The van der Waals surface area contributed by atoms with Gasteiger partial charge >= 0.3 is 0 Å². The first-order valence-electron chi connectivity index (χ1n) is 5.96. The molecular formula is C11H16Cl2N2O2S. The largest absolute Gasteiger partial charge is 0.266 e. The maximum Gasteiger partial charge on any atom is 0.266 e. The van der Waals surface area contributed by atoms with Crippen LogP contribution in [0.5, 0.6) is 0 Å². The lowest BCUT2D eigenvalue weighted by Gasteiger charge is -2.11. The summed E-state index contributed by atoms with van der Waals surface area (Å²) >= 11 is 6.16. The predicted octanol–water partition coefficient (Wildman–Crippen LogP) is 3.56. The minimum absolute atomic E-state index is 0.0340. The fraction of sp³-hybridized carbons (Fsp3) is 0.727. The molecule has 0 amide bonds. The Bertz CT molecular complexity index is 562. The third-order valence-corrected chi connectivity index (χ3v) is 5.14. The van der Waals surface area contributed by atoms with E-state index >= 15 is 0 Å². The Labute approximate surface area is 117 Å². The van der Waals surface area contributed by atoms with Crippen LogP contribution in [0.3, 0.4) is 0 Å². The molecule has 0 spiro atoms. The van der Waals surface area contributed by atoms with Gasteiger partial charge in [0, 0.05) is 10.7 Å². The summed E-state index contributed by atoms with van der Waals surface area (Å²) in [5, 5.41) is 4.49. The molecule has 0 N–H and O–H groups in total. The molecule has 102 valence electrons.